The normalized spacial score (nSPS) is 12.4. The lowest BCUT2D eigenvalue weighted by Gasteiger charge is -2.23. The van der Waals surface area contributed by atoms with Crippen LogP contribution < -0.4 is 15.0 Å². The predicted octanol–water partition coefficient (Wildman–Crippen LogP) is 3.52. The van der Waals surface area contributed by atoms with Gasteiger partial charge < -0.3 is 19.4 Å². The number of carbonyl (C=O) groups is 1. The van der Waals surface area contributed by atoms with Crippen LogP contribution >= 0.6 is 0 Å². The fourth-order valence-corrected chi connectivity index (χ4v) is 4.02. The van der Waals surface area contributed by atoms with Gasteiger partial charge in [0.15, 0.2) is 5.76 Å². The molecule has 1 atom stereocenters. The molecule has 0 radical (unpaired) electrons. The van der Waals surface area contributed by atoms with Crippen LogP contribution in [-0.2, 0) is 0 Å². The van der Waals surface area contributed by atoms with Gasteiger partial charge in [-0.25, -0.2) is 0 Å². The molecule has 154 valence electrons. The summed E-state index contributed by atoms with van der Waals surface area (Å²) in [4.78, 5) is 14.2. The number of carbonyl (C=O) groups excluding carboxylic acids is 1. The van der Waals surface area contributed by atoms with Crippen LogP contribution in [0.3, 0.4) is 0 Å². The summed E-state index contributed by atoms with van der Waals surface area (Å²) in [5, 5.41) is 6.15. The van der Waals surface area contributed by atoms with E-state index in [-0.39, 0.29) is 11.9 Å². The fourth-order valence-electron chi connectivity index (χ4n) is 4.02. The fraction of sp³-hybridized carbons (Fsp3) is 0.240. The topological polar surface area (TPSA) is 55.9 Å². The molecule has 0 saturated carbocycles. The van der Waals surface area contributed by atoms with Crippen molar-refractivity contribution in [1.82, 2.24) is 5.32 Å². The molecule has 0 aliphatic rings. The molecule has 4 rings (SSSR count). The third-order valence-corrected chi connectivity index (χ3v) is 5.71. The number of hydrogen-bond acceptors (Lipinski definition) is 3. The highest BCUT2D eigenvalue weighted by Gasteiger charge is 2.25. The molecule has 30 heavy (non-hydrogen) atoms. The number of para-hydroxylation sites is 1. The zero-order valence-corrected chi connectivity index (χ0v) is 17.8. The molecule has 1 aromatic heterocycles. The number of amides is 1. The lowest BCUT2D eigenvalue weighted by Crippen LogP contribution is -3.07. The largest absolute Gasteiger partial charge is 0.496 e. The number of ether oxygens (including phenoxy) is 1. The maximum atomic E-state index is 13.0. The lowest BCUT2D eigenvalue weighted by molar-refractivity contribution is -0.890. The first-order chi connectivity index (χ1) is 14.5. The van der Waals surface area contributed by atoms with Gasteiger partial charge in [-0.3, -0.25) is 4.79 Å². The molecule has 5 nitrogen and oxygen atoms in total. The lowest BCUT2D eigenvalue weighted by atomic mass is 10.0. The Balaban J connectivity index is 1.62. The Hall–Kier alpha value is -3.31. The molecule has 0 bridgehead atoms. The van der Waals surface area contributed by atoms with Gasteiger partial charge in [-0.05, 0) is 24.4 Å². The van der Waals surface area contributed by atoms with Gasteiger partial charge in [0.2, 0.25) is 0 Å². The number of nitrogens with one attached hydrogen (secondary N) is 2. The van der Waals surface area contributed by atoms with Crippen molar-refractivity contribution in [2.24, 2.45) is 0 Å². The minimum atomic E-state index is -0.200. The van der Waals surface area contributed by atoms with Crippen molar-refractivity contribution in [3.63, 3.8) is 0 Å². The average Bonchev–Trinajstić information content (AvgIpc) is 3.11. The van der Waals surface area contributed by atoms with Crippen LogP contribution in [0.25, 0.3) is 21.7 Å². The zero-order valence-electron chi connectivity index (χ0n) is 17.8. The van der Waals surface area contributed by atoms with Crippen LogP contribution in [-0.4, -0.2) is 33.7 Å². The average molecular weight is 404 g/mol. The summed E-state index contributed by atoms with van der Waals surface area (Å²) >= 11 is 0. The maximum Gasteiger partial charge on any atom is 0.287 e. The first-order valence-electron chi connectivity index (χ1n) is 10.1. The van der Waals surface area contributed by atoms with Gasteiger partial charge >= 0.3 is 0 Å². The molecule has 1 amide bonds. The summed E-state index contributed by atoms with van der Waals surface area (Å²) < 4.78 is 11.6. The van der Waals surface area contributed by atoms with Crippen molar-refractivity contribution in [1.29, 1.82) is 0 Å². The number of benzene rings is 3. The first-order valence-corrected chi connectivity index (χ1v) is 10.1. The molecule has 0 aliphatic heterocycles. The van der Waals surface area contributed by atoms with Crippen LogP contribution in [0.4, 0.5) is 0 Å². The second kappa shape index (κ2) is 8.20. The van der Waals surface area contributed by atoms with Crippen LogP contribution in [0.15, 0.2) is 65.1 Å². The second-order valence-corrected chi connectivity index (χ2v) is 7.80. The van der Waals surface area contributed by atoms with E-state index in [4.69, 9.17) is 9.15 Å². The minimum Gasteiger partial charge on any atom is -0.496 e. The maximum absolute atomic E-state index is 13.0. The summed E-state index contributed by atoms with van der Waals surface area (Å²) in [7, 11) is 5.81. The third kappa shape index (κ3) is 3.53. The van der Waals surface area contributed by atoms with Crippen LogP contribution in [0, 0.1) is 6.92 Å². The summed E-state index contributed by atoms with van der Waals surface area (Å²) in [6.45, 7) is 2.41. The summed E-state index contributed by atoms with van der Waals surface area (Å²) in [6, 6.07) is 20.1. The highest BCUT2D eigenvalue weighted by atomic mass is 16.5. The molecule has 4 aromatic rings. The van der Waals surface area contributed by atoms with E-state index in [1.165, 1.54) is 4.90 Å². The molecule has 0 spiro atoms. The number of furan rings is 1. The van der Waals surface area contributed by atoms with Crippen molar-refractivity contribution in [3.8, 4) is 5.75 Å². The number of hydrogen-bond donors (Lipinski definition) is 2. The van der Waals surface area contributed by atoms with Crippen LogP contribution in [0.2, 0.25) is 0 Å². The predicted molar refractivity (Wildman–Crippen MR) is 119 cm³/mol. The Kier molecular flexibility index (Phi) is 5.46. The number of quaternary nitrogens is 1. The van der Waals surface area contributed by atoms with Gasteiger partial charge in [-0.15, -0.1) is 0 Å². The van der Waals surface area contributed by atoms with E-state index < -0.39 is 0 Å². The van der Waals surface area contributed by atoms with Crippen molar-refractivity contribution in [2.45, 2.75) is 13.0 Å². The smallest absolute Gasteiger partial charge is 0.287 e. The van der Waals surface area contributed by atoms with Crippen LogP contribution in [0.5, 0.6) is 5.75 Å². The molecule has 3 aromatic carbocycles. The van der Waals surface area contributed by atoms with Crippen molar-refractivity contribution >= 4 is 27.6 Å². The highest BCUT2D eigenvalue weighted by Crippen LogP contribution is 2.31. The number of likely N-dealkylation sites (N-methyl/N-ethyl adjacent to an activating group) is 1. The van der Waals surface area contributed by atoms with Gasteiger partial charge in [-0.2, -0.15) is 0 Å². The Morgan fingerprint density at radius 1 is 1.03 bits per heavy atom. The molecule has 0 fully saturated rings. The van der Waals surface area contributed by atoms with Crippen molar-refractivity contribution in [3.05, 3.63) is 77.6 Å². The standard InChI is InChI=1S/C25H26N2O3/c1-16-18-14-13-17-9-5-6-10-19(17)24(18)30-23(16)25(28)26-15-21(27(2)3)20-11-7-8-12-22(20)29-4/h5-14,21H,15H2,1-4H3,(H,26,28)/p+1/t21-/m0/s1. The SMILES string of the molecule is COc1ccccc1[C@H](CNC(=O)c1oc2c(ccc3ccccc32)c1C)[NH+](C)C. The highest BCUT2D eigenvalue weighted by molar-refractivity contribution is 6.08. The quantitative estimate of drug-likeness (QED) is 0.518. The summed E-state index contributed by atoms with van der Waals surface area (Å²) in [5.41, 5.74) is 2.68. The Morgan fingerprint density at radius 3 is 2.53 bits per heavy atom. The van der Waals surface area contributed by atoms with E-state index in [1.54, 1.807) is 7.11 Å². The molecular formula is C25H27N2O3+. The van der Waals surface area contributed by atoms with Gasteiger partial charge in [0, 0.05) is 16.3 Å². The van der Waals surface area contributed by atoms with E-state index in [2.05, 4.69) is 25.5 Å². The molecule has 5 heteroatoms. The number of rotatable bonds is 6. The Labute approximate surface area is 176 Å². The monoisotopic (exact) mass is 403 g/mol. The van der Waals surface area contributed by atoms with E-state index in [1.807, 2.05) is 61.5 Å². The van der Waals surface area contributed by atoms with E-state index in [0.717, 1.165) is 38.6 Å². The van der Waals surface area contributed by atoms with E-state index in [0.29, 0.717) is 12.3 Å². The zero-order chi connectivity index (χ0) is 21.3. The van der Waals surface area contributed by atoms with Gasteiger partial charge in [-0.1, -0.05) is 48.5 Å². The Morgan fingerprint density at radius 2 is 1.77 bits per heavy atom. The molecule has 2 N–H and O–H groups in total. The second-order valence-electron chi connectivity index (χ2n) is 7.80. The number of fused-ring (bicyclic) bond motifs is 3. The van der Waals surface area contributed by atoms with E-state index in [9.17, 15) is 4.79 Å². The van der Waals surface area contributed by atoms with Crippen molar-refractivity contribution < 1.29 is 18.8 Å². The van der Waals surface area contributed by atoms with E-state index >= 15 is 0 Å². The molecular weight excluding hydrogens is 376 g/mol. The molecule has 1 heterocycles. The minimum absolute atomic E-state index is 0.0515. The molecule has 0 unspecified atom stereocenters. The number of aryl methyl sites for hydroxylation is 1. The van der Waals surface area contributed by atoms with Gasteiger partial charge in [0.05, 0.1) is 33.3 Å². The van der Waals surface area contributed by atoms with Gasteiger partial charge in [0.1, 0.15) is 17.4 Å². The van der Waals surface area contributed by atoms with Crippen molar-refractivity contribution in [2.75, 3.05) is 27.7 Å². The molecule has 0 saturated heterocycles. The summed E-state index contributed by atoms with van der Waals surface area (Å²) in [6.07, 6.45) is 0. The third-order valence-electron chi connectivity index (χ3n) is 5.71. The Bertz CT molecular complexity index is 1210. The summed E-state index contributed by atoms with van der Waals surface area (Å²) in [5.74, 6) is 0.993. The number of methoxy groups -OCH3 is 1. The van der Waals surface area contributed by atoms with Crippen LogP contribution in [0.1, 0.15) is 27.7 Å². The molecule has 0 aliphatic carbocycles. The van der Waals surface area contributed by atoms with Gasteiger partial charge in [0.25, 0.3) is 5.91 Å². The first kappa shape index (κ1) is 20.0.